The molecule has 0 aliphatic carbocycles. The maximum Gasteiger partial charge on any atom is 0.265 e. The first-order valence-electron chi connectivity index (χ1n) is 4.84. The number of primary amides is 1. The van der Waals surface area contributed by atoms with Crippen LogP contribution in [0.4, 0.5) is 0 Å². The van der Waals surface area contributed by atoms with Crippen molar-refractivity contribution in [2.75, 3.05) is 6.54 Å². The number of hydrogen-bond donors (Lipinski definition) is 2. The summed E-state index contributed by atoms with van der Waals surface area (Å²) >= 11 is 0. The van der Waals surface area contributed by atoms with E-state index in [1.165, 1.54) is 16.8 Å². The molecule has 1 rings (SSSR count). The summed E-state index contributed by atoms with van der Waals surface area (Å²) in [4.78, 5) is 11.0. The number of carbonyl (C=O) groups excluding carboxylic acids is 1. The van der Waals surface area contributed by atoms with Crippen molar-refractivity contribution < 1.29 is 13.2 Å². The summed E-state index contributed by atoms with van der Waals surface area (Å²) in [6, 6.07) is 1.24. The largest absolute Gasteiger partial charge is 0.364 e. The second kappa shape index (κ2) is 4.72. The van der Waals surface area contributed by atoms with Gasteiger partial charge in [-0.3, -0.25) is 4.79 Å². The lowest BCUT2D eigenvalue weighted by Gasteiger charge is -2.03. The highest BCUT2D eigenvalue weighted by molar-refractivity contribution is 7.89. The third-order valence-electron chi connectivity index (χ3n) is 2.11. The summed E-state index contributed by atoms with van der Waals surface area (Å²) in [5.74, 6) is -0.672. The molecule has 0 saturated heterocycles. The third kappa shape index (κ3) is 3.18. The molecule has 6 nitrogen and oxygen atoms in total. The number of rotatable bonds is 5. The monoisotopic (exact) mass is 257 g/mol. The first-order valence-corrected chi connectivity index (χ1v) is 6.32. The van der Waals surface area contributed by atoms with Crippen molar-refractivity contribution in [1.82, 2.24) is 9.29 Å². The van der Waals surface area contributed by atoms with E-state index in [-0.39, 0.29) is 17.1 Å². The van der Waals surface area contributed by atoms with Gasteiger partial charge in [-0.1, -0.05) is 12.2 Å². The van der Waals surface area contributed by atoms with Gasteiger partial charge >= 0.3 is 0 Å². The van der Waals surface area contributed by atoms with Crippen LogP contribution < -0.4 is 10.5 Å². The number of aromatic nitrogens is 1. The van der Waals surface area contributed by atoms with Gasteiger partial charge in [0, 0.05) is 19.8 Å². The van der Waals surface area contributed by atoms with E-state index in [1.807, 2.05) is 0 Å². The van der Waals surface area contributed by atoms with Gasteiger partial charge in [0.15, 0.2) is 0 Å². The summed E-state index contributed by atoms with van der Waals surface area (Å²) in [6.45, 7) is 5.46. The van der Waals surface area contributed by atoms with Crippen LogP contribution in [0.15, 0.2) is 29.3 Å². The maximum absolute atomic E-state index is 11.8. The molecule has 0 spiro atoms. The minimum Gasteiger partial charge on any atom is -0.364 e. The molecule has 1 aromatic heterocycles. The molecule has 7 heteroatoms. The van der Waals surface area contributed by atoms with Crippen LogP contribution >= 0.6 is 0 Å². The van der Waals surface area contributed by atoms with E-state index < -0.39 is 15.9 Å². The van der Waals surface area contributed by atoms with Gasteiger partial charge in [0.2, 0.25) is 10.0 Å². The van der Waals surface area contributed by atoms with Gasteiger partial charge in [0.05, 0.1) is 0 Å². The Hall–Kier alpha value is -1.60. The molecule has 0 radical (unpaired) electrons. The molecule has 0 unspecified atom stereocenters. The molecule has 94 valence electrons. The van der Waals surface area contributed by atoms with E-state index >= 15 is 0 Å². The Morgan fingerprint density at radius 1 is 1.59 bits per heavy atom. The van der Waals surface area contributed by atoms with E-state index in [0.717, 1.165) is 0 Å². The van der Waals surface area contributed by atoms with Gasteiger partial charge in [0.25, 0.3) is 5.91 Å². The van der Waals surface area contributed by atoms with Crippen LogP contribution in [-0.4, -0.2) is 25.4 Å². The van der Waals surface area contributed by atoms with Crippen molar-refractivity contribution >= 4 is 15.9 Å². The molecule has 0 aliphatic rings. The molecule has 0 aromatic carbocycles. The van der Waals surface area contributed by atoms with E-state index in [9.17, 15) is 13.2 Å². The zero-order valence-corrected chi connectivity index (χ0v) is 10.5. The predicted molar refractivity (Wildman–Crippen MR) is 63.9 cm³/mol. The fourth-order valence-electron chi connectivity index (χ4n) is 1.23. The highest BCUT2D eigenvalue weighted by Crippen LogP contribution is 2.12. The number of hydrogen-bond acceptors (Lipinski definition) is 3. The molecular formula is C10H15N3O3S. The molecule has 0 aliphatic heterocycles. The molecule has 1 amide bonds. The first kappa shape index (κ1) is 13.5. The van der Waals surface area contributed by atoms with Crippen LogP contribution in [0.25, 0.3) is 0 Å². The number of aryl methyl sites for hydroxylation is 1. The molecule has 0 fully saturated rings. The lowest BCUT2D eigenvalue weighted by atomic mass is 10.4. The SMILES string of the molecule is C=C(C)CNS(=O)(=O)c1cc(C(N)=O)n(C)c1. The summed E-state index contributed by atoms with van der Waals surface area (Å²) in [7, 11) is -2.08. The van der Waals surface area contributed by atoms with Gasteiger partial charge in [-0.15, -0.1) is 0 Å². The molecule has 0 atom stereocenters. The molecule has 0 saturated carbocycles. The Labute approximate surface area is 100 Å². The van der Waals surface area contributed by atoms with Crippen molar-refractivity contribution in [2.45, 2.75) is 11.8 Å². The van der Waals surface area contributed by atoms with Gasteiger partial charge in [0.1, 0.15) is 10.6 Å². The molecule has 0 bridgehead atoms. The van der Waals surface area contributed by atoms with Gasteiger partial charge in [-0.25, -0.2) is 13.1 Å². The Bertz CT molecular complexity index is 557. The van der Waals surface area contributed by atoms with Crippen LogP contribution in [-0.2, 0) is 17.1 Å². The predicted octanol–water partition coefficient (Wildman–Crippen LogP) is -0.0216. The third-order valence-corrected chi connectivity index (χ3v) is 3.47. The van der Waals surface area contributed by atoms with Crippen molar-refractivity contribution in [3.05, 3.63) is 30.1 Å². The number of nitrogens with one attached hydrogen (secondary N) is 1. The number of amides is 1. The zero-order valence-electron chi connectivity index (χ0n) is 9.73. The Morgan fingerprint density at radius 2 is 2.18 bits per heavy atom. The fourth-order valence-corrected chi connectivity index (χ4v) is 2.39. The average molecular weight is 257 g/mol. The van der Waals surface area contributed by atoms with Crippen LogP contribution in [0.5, 0.6) is 0 Å². The molecule has 17 heavy (non-hydrogen) atoms. The highest BCUT2D eigenvalue weighted by atomic mass is 32.2. The average Bonchev–Trinajstić information content (AvgIpc) is 2.58. The molecule has 1 aromatic rings. The summed E-state index contributed by atoms with van der Waals surface area (Å²) < 4.78 is 27.3. The normalized spacial score (nSPS) is 11.4. The van der Waals surface area contributed by atoms with Crippen molar-refractivity contribution in [2.24, 2.45) is 12.8 Å². The first-order chi connectivity index (χ1) is 7.74. The highest BCUT2D eigenvalue weighted by Gasteiger charge is 2.18. The van der Waals surface area contributed by atoms with Gasteiger partial charge in [-0.05, 0) is 13.0 Å². The topological polar surface area (TPSA) is 94.2 Å². The second-order valence-corrected chi connectivity index (χ2v) is 5.58. The Kier molecular flexibility index (Phi) is 3.74. The van der Waals surface area contributed by atoms with Gasteiger partial charge in [-0.2, -0.15) is 0 Å². The quantitative estimate of drug-likeness (QED) is 0.726. The van der Waals surface area contributed by atoms with Crippen LogP contribution in [0, 0.1) is 0 Å². The summed E-state index contributed by atoms with van der Waals surface area (Å²) in [6.07, 6.45) is 1.33. The maximum atomic E-state index is 11.8. The fraction of sp³-hybridized carbons (Fsp3) is 0.300. The molecule has 1 heterocycles. The van der Waals surface area contributed by atoms with Crippen molar-refractivity contribution in [3.8, 4) is 0 Å². The Balaban J connectivity index is 3.04. The van der Waals surface area contributed by atoms with Crippen LogP contribution in [0.1, 0.15) is 17.4 Å². The standard InChI is InChI=1S/C10H15N3O3S/c1-7(2)5-12-17(15,16)8-4-9(10(11)14)13(3)6-8/h4,6,12H,1,5H2,2-3H3,(H2,11,14). The molecule has 3 N–H and O–H groups in total. The number of carbonyl (C=O) groups is 1. The zero-order chi connectivity index (χ0) is 13.2. The minimum atomic E-state index is -3.63. The number of sulfonamides is 1. The van der Waals surface area contributed by atoms with E-state index in [1.54, 1.807) is 14.0 Å². The van der Waals surface area contributed by atoms with E-state index in [2.05, 4.69) is 11.3 Å². The Morgan fingerprint density at radius 3 is 2.59 bits per heavy atom. The molecular weight excluding hydrogens is 242 g/mol. The summed E-state index contributed by atoms with van der Waals surface area (Å²) in [5.41, 5.74) is 5.94. The smallest absolute Gasteiger partial charge is 0.265 e. The minimum absolute atomic E-state index is 0.00931. The van der Waals surface area contributed by atoms with E-state index in [4.69, 9.17) is 5.73 Å². The van der Waals surface area contributed by atoms with Crippen molar-refractivity contribution in [3.63, 3.8) is 0 Å². The lowest BCUT2D eigenvalue weighted by molar-refractivity contribution is 0.0992. The number of nitrogens with two attached hydrogens (primary N) is 1. The van der Waals surface area contributed by atoms with Crippen molar-refractivity contribution in [1.29, 1.82) is 0 Å². The summed E-state index contributed by atoms with van der Waals surface area (Å²) in [5, 5.41) is 0. The van der Waals surface area contributed by atoms with Gasteiger partial charge < -0.3 is 10.3 Å². The lowest BCUT2D eigenvalue weighted by Crippen LogP contribution is -2.24. The van der Waals surface area contributed by atoms with Crippen LogP contribution in [0.2, 0.25) is 0 Å². The number of nitrogens with zero attached hydrogens (tertiary/aromatic N) is 1. The van der Waals surface area contributed by atoms with E-state index in [0.29, 0.717) is 5.57 Å². The second-order valence-electron chi connectivity index (χ2n) is 3.82. The van der Waals surface area contributed by atoms with Crippen LogP contribution in [0.3, 0.4) is 0 Å².